The van der Waals surface area contributed by atoms with E-state index in [4.69, 9.17) is 0 Å². The summed E-state index contributed by atoms with van der Waals surface area (Å²) in [5.74, 6) is 0.899. The second kappa shape index (κ2) is 5.59. The molecule has 2 aromatic carbocycles. The molecule has 4 rings (SSSR count). The Morgan fingerprint density at radius 2 is 2.00 bits per heavy atom. The Morgan fingerprint density at radius 1 is 1.17 bits per heavy atom. The van der Waals surface area contributed by atoms with Crippen molar-refractivity contribution in [1.82, 2.24) is 14.6 Å². The zero-order valence-electron chi connectivity index (χ0n) is 12.7. The predicted molar refractivity (Wildman–Crippen MR) is 92.2 cm³/mol. The molecular formula is C18H15N3OS. The molecule has 0 fully saturated rings. The van der Waals surface area contributed by atoms with E-state index in [0.29, 0.717) is 11.4 Å². The summed E-state index contributed by atoms with van der Waals surface area (Å²) in [5.41, 5.74) is 1.21. The zero-order chi connectivity index (χ0) is 15.8. The van der Waals surface area contributed by atoms with Crippen molar-refractivity contribution in [2.75, 3.05) is 0 Å². The van der Waals surface area contributed by atoms with E-state index in [1.54, 1.807) is 10.7 Å². The van der Waals surface area contributed by atoms with Crippen LogP contribution < -0.4 is 0 Å². The summed E-state index contributed by atoms with van der Waals surface area (Å²) >= 11 is 1.40. The van der Waals surface area contributed by atoms with Crippen LogP contribution in [0.4, 0.5) is 0 Å². The first-order valence-corrected chi connectivity index (χ1v) is 8.35. The van der Waals surface area contributed by atoms with Gasteiger partial charge < -0.3 is 0 Å². The number of fused-ring (bicyclic) bond motifs is 2. The molecule has 2 heterocycles. The molecule has 0 saturated carbocycles. The van der Waals surface area contributed by atoms with Gasteiger partial charge in [-0.25, -0.2) is 9.50 Å². The van der Waals surface area contributed by atoms with Crippen molar-refractivity contribution in [2.45, 2.75) is 19.8 Å². The fraction of sp³-hybridized carbons (Fsp3) is 0.167. The second-order valence-corrected chi connectivity index (χ2v) is 6.53. The maximum absolute atomic E-state index is 12.4. The summed E-state index contributed by atoms with van der Waals surface area (Å²) in [6.45, 7) is 1.89. The number of aromatic nitrogens is 3. The van der Waals surface area contributed by atoms with E-state index in [2.05, 4.69) is 34.3 Å². The highest BCUT2D eigenvalue weighted by molar-refractivity contribution is 7.18. The third kappa shape index (κ3) is 2.53. The van der Waals surface area contributed by atoms with Crippen LogP contribution in [0.15, 0.2) is 48.7 Å². The Kier molecular flexibility index (Phi) is 3.42. The van der Waals surface area contributed by atoms with Crippen LogP contribution in [-0.2, 0) is 6.42 Å². The molecule has 23 heavy (non-hydrogen) atoms. The minimum atomic E-state index is 0.0889. The quantitative estimate of drug-likeness (QED) is 0.532. The summed E-state index contributed by atoms with van der Waals surface area (Å²) < 4.78 is 1.73. The van der Waals surface area contributed by atoms with Gasteiger partial charge in [-0.1, -0.05) is 53.8 Å². The number of hydrogen-bond acceptors (Lipinski definition) is 4. The van der Waals surface area contributed by atoms with Gasteiger partial charge in [0, 0.05) is 6.42 Å². The third-order valence-electron chi connectivity index (χ3n) is 4.01. The number of carbonyl (C=O) groups is 1. The molecular weight excluding hydrogens is 306 g/mol. The first-order valence-electron chi connectivity index (χ1n) is 7.53. The van der Waals surface area contributed by atoms with Crippen molar-refractivity contribution in [2.24, 2.45) is 0 Å². The predicted octanol–water partition coefficient (Wildman–Crippen LogP) is 4.07. The van der Waals surface area contributed by atoms with Crippen LogP contribution >= 0.6 is 11.3 Å². The van der Waals surface area contributed by atoms with E-state index in [9.17, 15) is 4.79 Å². The average molecular weight is 321 g/mol. The monoisotopic (exact) mass is 321 g/mol. The molecule has 2 aromatic heterocycles. The minimum absolute atomic E-state index is 0.0889. The highest BCUT2D eigenvalue weighted by Crippen LogP contribution is 2.22. The molecule has 0 atom stereocenters. The van der Waals surface area contributed by atoms with Gasteiger partial charge in [-0.05, 0) is 29.7 Å². The van der Waals surface area contributed by atoms with Crippen LogP contribution in [0.3, 0.4) is 0 Å². The number of rotatable bonds is 4. The minimum Gasteiger partial charge on any atom is -0.291 e. The Bertz CT molecular complexity index is 1010. The first kappa shape index (κ1) is 14.1. The molecule has 0 spiro atoms. The van der Waals surface area contributed by atoms with Gasteiger partial charge in [0.05, 0.1) is 6.20 Å². The Morgan fingerprint density at radius 3 is 2.87 bits per heavy atom. The number of carbonyl (C=O) groups excluding carboxylic acids is 1. The second-order valence-electron chi connectivity index (χ2n) is 5.52. The number of nitrogens with zero attached hydrogens (tertiary/aromatic N) is 3. The van der Waals surface area contributed by atoms with Crippen molar-refractivity contribution in [3.63, 3.8) is 0 Å². The summed E-state index contributed by atoms with van der Waals surface area (Å²) in [5, 5.41) is 7.36. The maximum Gasteiger partial charge on any atom is 0.193 e. The number of ketones is 1. The van der Waals surface area contributed by atoms with Crippen LogP contribution in [0.5, 0.6) is 0 Å². The lowest BCUT2D eigenvalue weighted by Gasteiger charge is -2.05. The molecule has 114 valence electrons. The summed E-state index contributed by atoms with van der Waals surface area (Å²) in [4.78, 5) is 17.5. The molecule has 0 aliphatic heterocycles. The van der Waals surface area contributed by atoms with Gasteiger partial charge in [-0.15, -0.1) is 0 Å². The third-order valence-corrected chi connectivity index (χ3v) is 5.00. The number of hydrogen-bond donors (Lipinski definition) is 0. The van der Waals surface area contributed by atoms with Crippen molar-refractivity contribution in [3.05, 3.63) is 65.1 Å². The van der Waals surface area contributed by atoms with Crippen molar-refractivity contribution < 1.29 is 4.79 Å². The topological polar surface area (TPSA) is 47.3 Å². The highest BCUT2D eigenvalue weighted by atomic mass is 32.1. The lowest BCUT2D eigenvalue weighted by atomic mass is 10.00. The highest BCUT2D eigenvalue weighted by Gasteiger charge is 2.14. The smallest absolute Gasteiger partial charge is 0.193 e. The first-order chi connectivity index (χ1) is 11.2. The molecule has 0 unspecified atom stereocenters. The number of aryl methyl sites for hydroxylation is 2. The van der Waals surface area contributed by atoms with Gasteiger partial charge in [0.15, 0.2) is 10.8 Å². The summed E-state index contributed by atoms with van der Waals surface area (Å²) in [6.07, 6.45) is 2.96. The average Bonchev–Trinajstić information content (AvgIpc) is 3.15. The lowest BCUT2D eigenvalue weighted by Crippen LogP contribution is -2.02. The molecule has 0 N–H and O–H groups in total. The standard InChI is InChI=1S/C18H15N3OS/c1-12-19-11-17-21(12)20-18(23-17)16(22)10-9-14-7-4-6-13-5-2-3-8-15(13)14/h2-8,11H,9-10H2,1H3. The van der Waals surface area contributed by atoms with Gasteiger partial charge >= 0.3 is 0 Å². The van der Waals surface area contributed by atoms with Crippen LogP contribution in [0.2, 0.25) is 0 Å². The van der Waals surface area contributed by atoms with Gasteiger partial charge in [0.2, 0.25) is 0 Å². The molecule has 0 saturated heterocycles. The van der Waals surface area contributed by atoms with Gasteiger partial charge in [0.1, 0.15) is 10.7 Å². The van der Waals surface area contributed by atoms with Crippen LogP contribution in [-0.4, -0.2) is 20.4 Å². The fourth-order valence-corrected chi connectivity index (χ4v) is 3.70. The SMILES string of the molecule is Cc1ncc2sc(C(=O)CCc3cccc4ccccc34)nn12. The molecule has 0 aliphatic carbocycles. The number of benzene rings is 2. The summed E-state index contributed by atoms with van der Waals surface area (Å²) in [7, 11) is 0. The fourth-order valence-electron chi connectivity index (χ4n) is 2.80. The maximum atomic E-state index is 12.4. The van der Waals surface area contributed by atoms with Crippen molar-refractivity contribution >= 4 is 32.7 Å². The molecule has 0 aliphatic rings. The molecule has 5 heteroatoms. The van der Waals surface area contributed by atoms with Gasteiger partial charge in [-0.2, -0.15) is 5.10 Å². The van der Waals surface area contributed by atoms with E-state index < -0.39 is 0 Å². The molecule has 0 amide bonds. The number of Topliss-reactive ketones (excluding diaryl/α,β-unsaturated/α-hetero) is 1. The number of imidazole rings is 1. The Labute approximate surface area is 137 Å². The van der Waals surface area contributed by atoms with E-state index in [-0.39, 0.29) is 5.78 Å². The van der Waals surface area contributed by atoms with Crippen molar-refractivity contribution in [3.8, 4) is 0 Å². The molecule has 0 radical (unpaired) electrons. The van der Waals surface area contributed by atoms with E-state index in [1.807, 2.05) is 25.1 Å². The van der Waals surface area contributed by atoms with Gasteiger partial charge in [0.25, 0.3) is 0 Å². The largest absolute Gasteiger partial charge is 0.291 e. The van der Waals surface area contributed by atoms with Gasteiger partial charge in [-0.3, -0.25) is 4.79 Å². The Balaban J connectivity index is 1.56. The van der Waals surface area contributed by atoms with Crippen molar-refractivity contribution in [1.29, 1.82) is 0 Å². The molecule has 4 aromatic rings. The van der Waals surface area contributed by atoms with E-state index in [1.165, 1.54) is 27.7 Å². The molecule has 4 nitrogen and oxygen atoms in total. The van der Waals surface area contributed by atoms with E-state index in [0.717, 1.165) is 17.1 Å². The zero-order valence-corrected chi connectivity index (χ0v) is 13.5. The van der Waals surface area contributed by atoms with Crippen LogP contribution in [0.1, 0.15) is 27.6 Å². The van der Waals surface area contributed by atoms with Crippen LogP contribution in [0, 0.1) is 6.92 Å². The summed E-state index contributed by atoms with van der Waals surface area (Å²) in [6, 6.07) is 14.5. The Hall–Kier alpha value is -2.53. The van der Waals surface area contributed by atoms with Crippen LogP contribution in [0.25, 0.3) is 15.6 Å². The van der Waals surface area contributed by atoms with E-state index >= 15 is 0 Å². The lowest BCUT2D eigenvalue weighted by molar-refractivity contribution is 0.0981. The normalized spacial score (nSPS) is 11.3. The molecule has 0 bridgehead atoms.